The summed E-state index contributed by atoms with van der Waals surface area (Å²) in [6, 6.07) is -0.550. The van der Waals surface area contributed by atoms with Crippen molar-refractivity contribution in [1.29, 1.82) is 0 Å². The highest BCUT2D eigenvalue weighted by atomic mass is 16.2. The molecule has 0 aromatic heterocycles. The van der Waals surface area contributed by atoms with Crippen molar-refractivity contribution >= 4 is 17.7 Å². The lowest BCUT2D eigenvalue weighted by Crippen LogP contribution is -2.59. The molecule has 1 fully saturated rings. The van der Waals surface area contributed by atoms with E-state index in [0.29, 0.717) is 0 Å². The van der Waals surface area contributed by atoms with Crippen LogP contribution in [0, 0.1) is 5.92 Å². The van der Waals surface area contributed by atoms with Gasteiger partial charge in [-0.1, -0.05) is 13.8 Å². The summed E-state index contributed by atoms with van der Waals surface area (Å²) >= 11 is 0. The third-order valence-electron chi connectivity index (χ3n) is 3.04. The number of nitrogens with zero attached hydrogens (tertiary/aromatic N) is 1. The van der Waals surface area contributed by atoms with E-state index in [2.05, 4.69) is 5.32 Å². The molecule has 1 unspecified atom stereocenters. The van der Waals surface area contributed by atoms with Gasteiger partial charge in [0.25, 0.3) is 0 Å². The smallest absolute Gasteiger partial charge is 0.249 e. The molecule has 0 radical (unpaired) electrons. The maximum atomic E-state index is 12.1. The number of carbonyl (C=O) groups excluding carboxylic acids is 3. The van der Waals surface area contributed by atoms with Gasteiger partial charge in [0.15, 0.2) is 0 Å². The molecule has 0 spiro atoms. The highest BCUT2D eigenvalue weighted by molar-refractivity contribution is 6.04. The van der Waals surface area contributed by atoms with Gasteiger partial charge in [0.1, 0.15) is 12.6 Å². The van der Waals surface area contributed by atoms with Gasteiger partial charge in [0, 0.05) is 5.92 Å². The zero-order valence-corrected chi connectivity index (χ0v) is 9.95. The molecule has 1 aliphatic heterocycles. The van der Waals surface area contributed by atoms with Crippen molar-refractivity contribution in [2.24, 2.45) is 5.92 Å². The predicted molar refractivity (Wildman–Crippen MR) is 58.4 cm³/mol. The number of imide groups is 1. The second-order valence-electron chi connectivity index (χ2n) is 4.07. The number of rotatable bonds is 3. The van der Waals surface area contributed by atoms with Gasteiger partial charge in [-0.3, -0.25) is 19.7 Å². The minimum Gasteiger partial charge on any atom is -0.321 e. The largest absolute Gasteiger partial charge is 0.321 e. The first-order valence-corrected chi connectivity index (χ1v) is 5.65. The summed E-state index contributed by atoms with van der Waals surface area (Å²) in [6.45, 7) is 5.50. The Labute approximate surface area is 95.2 Å². The summed E-state index contributed by atoms with van der Waals surface area (Å²) in [5, 5.41) is 2.22. The lowest BCUT2D eigenvalue weighted by molar-refractivity contribution is -0.151. The molecule has 1 aliphatic rings. The summed E-state index contributed by atoms with van der Waals surface area (Å²) in [5.74, 6) is -0.986. The van der Waals surface area contributed by atoms with Gasteiger partial charge in [-0.2, -0.15) is 0 Å². The Hall–Kier alpha value is -1.39. The van der Waals surface area contributed by atoms with Crippen LogP contribution in [0.3, 0.4) is 0 Å². The van der Waals surface area contributed by atoms with Gasteiger partial charge in [-0.05, 0) is 19.8 Å². The van der Waals surface area contributed by atoms with Crippen molar-refractivity contribution in [3.63, 3.8) is 0 Å². The number of amides is 3. The van der Waals surface area contributed by atoms with Crippen LogP contribution in [0.25, 0.3) is 0 Å². The van der Waals surface area contributed by atoms with Gasteiger partial charge in [-0.15, -0.1) is 0 Å². The van der Waals surface area contributed by atoms with Crippen molar-refractivity contribution in [1.82, 2.24) is 10.2 Å². The highest BCUT2D eigenvalue weighted by Gasteiger charge is 2.35. The van der Waals surface area contributed by atoms with Crippen LogP contribution < -0.4 is 5.32 Å². The summed E-state index contributed by atoms with van der Waals surface area (Å²) in [7, 11) is 0. The molecule has 16 heavy (non-hydrogen) atoms. The quantitative estimate of drug-likeness (QED) is 0.704. The molecule has 5 nitrogen and oxygen atoms in total. The van der Waals surface area contributed by atoms with Crippen LogP contribution in [0.4, 0.5) is 0 Å². The van der Waals surface area contributed by atoms with E-state index in [4.69, 9.17) is 0 Å². The molecule has 1 N–H and O–H groups in total. The van der Waals surface area contributed by atoms with Gasteiger partial charge in [0.2, 0.25) is 17.7 Å². The highest BCUT2D eigenvalue weighted by Crippen LogP contribution is 2.15. The Morgan fingerprint density at radius 2 is 2.00 bits per heavy atom. The van der Waals surface area contributed by atoms with Crippen LogP contribution in [0.5, 0.6) is 0 Å². The number of carbonyl (C=O) groups is 3. The fraction of sp³-hybridized carbons (Fsp3) is 0.727. The third kappa shape index (κ3) is 2.40. The standard InChI is InChI=1S/C11H18N2O3/c1-4-8(5-2)11(16)13-6-9(14)12-10(15)7(13)3/h7-8H,4-6H2,1-3H3,(H,12,14,15). The summed E-state index contributed by atoms with van der Waals surface area (Å²) in [5.41, 5.74) is 0. The minimum absolute atomic E-state index is 0.0117. The normalized spacial score (nSPS) is 21.2. The number of hydrogen-bond donors (Lipinski definition) is 1. The van der Waals surface area contributed by atoms with E-state index < -0.39 is 17.9 Å². The van der Waals surface area contributed by atoms with Gasteiger partial charge >= 0.3 is 0 Å². The number of piperazine rings is 1. The molecule has 90 valence electrons. The number of nitrogens with one attached hydrogen (secondary N) is 1. The minimum atomic E-state index is -0.550. The topological polar surface area (TPSA) is 66.5 Å². The molecule has 0 aromatic rings. The first-order valence-electron chi connectivity index (χ1n) is 5.65. The maximum absolute atomic E-state index is 12.1. The first-order chi connectivity index (χ1) is 7.51. The van der Waals surface area contributed by atoms with Gasteiger partial charge in [0.05, 0.1) is 0 Å². The molecule has 0 aliphatic carbocycles. The molecular formula is C11H18N2O3. The SMILES string of the molecule is CCC(CC)C(=O)N1CC(=O)NC(=O)C1C. The number of hydrogen-bond acceptors (Lipinski definition) is 3. The fourth-order valence-electron chi connectivity index (χ4n) is 1.86. The van der Waals surface area contributed by atoms with E-state index in [-0.39, 0.29) is 18.4 Å². The van der Waals surface area contributed by atoms with Crippen LogP contribution in [0.15, 0.2) is 0 Å². The average molecular weight is 226 g/mol. The van der Waals surface area contributed by atoms with Crippen molar-refractivity contribution < 1.29 is 14.4 Å². The molecule has 0 bridgehead atoms. The van der Waals surface area contributed by atoms with E-state index >= 15 is 0 Å². The molecule has 5 heteroatoms. The van der Waals surface area contributed by atoms with E-state index in [0.717, 1.165) is 12.8 Å². The monoisotopic (exact) mass is 226 g/mol. The zero-order chi connectivity index (χ0) is 12.3. The second kappa shape index (κ2) is 5.09. The van der Waals surface area contributed by atoms with Crippen LogP contribution in [-0.2, 0) is 14.4 Å². The summed E-state index contributed by atoms with van der Waals surface area (Å²) < 4.78 is 0. The third-order valence-corrected chi connectivity index (χ3v) is 3.04. The van der Waals surface area contributed by atoms with Crippen molar-refractivity contribution in [2.75, 3.05) is 6.54 Å². The van der Waals surface area contributed by atoms with E-state index in [1.807, 2.05) is 13.8 Å². The average Bonchev–Trinajstić information content (AvgIpc) is 2.24. The zero-order valence-electron chi connectivity index (χ0n) is 9.95. The van der Waals surface area contributed by atoms with E-state index in [1.54, 1.807) is 6.92 Å². The van der Waals surface area contributed by atoms with Crippen molar-refractivity contribution in [3.05, 3.63) is 0 Å². The van der Waals surface area contributed by atoms with Crippen molar-refractivity contribution in [3.8, 4) is 0 Å². The molecule has 3 amide bonds. The molecule has 1 rings (SSSR count). The first kappa shape index (κ1) is 12.7. The second-order valence-corrected chi connectivity index (χ2v) is 4.07. The van der Waals surface area contributed by atoms with Crippen LogP contribution in [0.1, 0.15) is 33.6 Å². The Morgan fingerprint density at radius 1 is 1.44 bits per heavy atom. The van der Waals surface area contributed by atoms with Gasteiger partial charge in [-0.25, -0.2) is 0 Å². The molecule has 1 heterocycles. The Balaban J connectivity index is 2.81. The van der Waals surface area contributed by atoms with Crippen molar-refractivity contribution in [2.45, 2.75) is 39.7 Å². The fourth-order valence-corrected chi connectivity index (χ4v) is 1.86. The Bertz CT molecular complexity index is 310. The Kier molecular flexibility index (Phi) is 4.04. The molecule has 1 saturated heterocycles. The summed E-state index contributed by atoms with van der Waals surface area (Å²) in [6.07, 6.45) is 1.46. The van der Waals surface area contributed by atoms with E-state index in [9.17, 15) is 14.4 Å². The van der Waals surface area contributed by atoms with Gasteiger partial charge < -0.3 is 4.90 Å². The lowest BCUT2D eigenvalue weighted by atomic mass is 10.00. The Morgan fingerprint density at radius 3 is 2.50 bits per heavy atom. The summed E-state index contributed by atoms with van der Waals surface area (Å²) in [4.78, 5) is 36.0. The van der Waals surface area contributed by atoms with Crippen LogP contribution in [0.2, 0.25) is 0 Å². The van der Waals surface area contributed by atoms with E-state index in [1.165, 1.54) is 4.90 Å². The molecule has 0 aromatic carbocycles. The van der Waals surface area contributed by atoms with Crippen LogP contribution in [-0.4, -0.2) is 35.2 Å². The maximum Gasteiger partial charge on any atom is 0.249 e. The molecular weight excluding hydrogens is 208 g/mol. The molecule has 1 atom stereocenters. The lowest BCUT2D eigenvalue weighted by Gasteiger charge is -2.33. The van der Waals surface area contributed by atoms with Crippen LogP contribution >= 0.6 is 0 Å². The molecule has 0 saturated carbocycles. The predicted octanol–water partition coefficient (Wildman–Crippen LogP) is 0.296.